The lowest BCUT2D eigenvalue weighted by molar-refractivity contribution is -0.139. The lowest BCUT2D eigenvalue weighted by Gasteiger charge is -2.01. The SMILES string of the molecule is C=CC(=O)OCCOCCCl. The number of halogens is 1. The van der Waals surface area contributed by atoms with Crippen molar-refractivity contribution in [2.24, 2.45) is 0 Å². The molecule has 0 bridgehead atoms. The van der Waals surface area contributed by atoms with Crippen molar-refractivity contribution in [2.45, 2.75) is 0 Å². The molecule has 64 valence electrons. The Bertz CT molecular complexity index is 125. The van der Waals surface area contributed by atoms with E-state index in [9.17, 15) is 4.79 Å². The van der Waals surface area contributed by atoms with Gasteiger partial charge in [0.05, 0.1) is 13.2 Å². The Morgan fingerprint density at radius 1 is 1.45 bits per heavy atom. The second-order valence-electron chi connectivity index (χ2n) is 1.67. The summed E-state index contributed by atoms with van der Waals surface area (Å²) in [5.74, 6) is 0.0227. The molecule has 0 fully saturated rings. The summed E-state index contributed by atoms with van der Waals surface area (Å²) in [6.07, 6.45) is 1.11. The fourth-order valence-electron chi connectivity index (χ4n) is 0.417. The summed E-state index contributed by atoms with van der Waals surface area (Å²) in [5.41, 5.74) is 0. The molecule has 0 heterocycles. The number of alkyl halides is 1. The van der Waals surface area contributed by atoms with Crippen molar-refractivity contribution in [3.8, 4) is 0 Å². The maximum atomic E-state index is 10.4. The molecule has 0 spiro atoms. The van der Waals surface area contributed by atoms with Crippen LogP contribution in [0.3, 0.4) is 0 Å². The van der Waals surface area contributed by atoms with Crippen molar-refractivity contribution in [1.82, 2.24) is 0 Å². The predicted molar refractivity (Wildman–Crippen MR) is 42.7 cm³/mol. The molecule has 0 aromatic heterocycles. The van der Waals surface area contributed by atoms with Crippen molar-refractivity contribution in [3.05, 3.63) is 12.7 Å². The number of carbonyl (C=O) groups is 1. The molecule has 0 aromatic rings. The fourth-order valence-corrected chi connectivity index (χ4v) is 0.526. The smallest absolute Gasteiger partial charge is 0.330 e. The Hall–Kier alpha value is -0.540. The highest BCUT2D eigenvalue weighted by Gasteiger charge is 1.93. The van der Waals surface area contributed by atoms with Crippen LogP contribution in [-0.2, 0) is 14.3 Å². The molecule has 0 saturated carbocycles. The zero-order valence-electron chi connectivity index (χ0n) is 6.22. The van der Waals surface area contributed by atoms with Gasteiger partial charge in [0.25, 0.3) is 0 Å². The normalized spacial score (nSPS) is 9.18. The van der Waals surface area contributed by atoms with E-state index in [2.05, 4.69) is 11.3 Å². The molecule has 0 radical (unpaired) electrons. The summed E-state index contributed by atoms with van der Waals surface area (Å²) in [5, 5.41) is 0. The Morgan fingerprint density at radius 3 is 2.73 bits per heavy atom. The second-order valence-corrected chi connectivity index (χ2v) is 2.05. The highest BCUT2D eigenvalue weighted by atomic mass is 35.5. The van der Waals surface area contributed by atoms with E-state index in [0.29, 0.717) is 19.1 Å². The van der Waals surface area contributed by atoms with Crippen molar-refractivity contribution in [1.29, 1.82) is 0 Å². The molecular weight excluding hydrogens is 168 g/mol. The van der Waals surface area contributed by atoms with E-state index in [0.717, 1.165) is 6.08 Å². The van der Waals surface area contributed by atoms with E-state index in [-0.39, 0.29) is 6.61 Å². The van der Waals surface area contributed by atoms with Crippen molar-refractivity contribution in [3.63, 3.8) is 0 Å². The molecule has 0 aliphatic heterocycles. The number of ether oxygens (including phenoxy) is 2. The van der Waals surface area contributed by atoms with Crippen LogP contribution >= 0.6 is 11.6 Å². The molecule has 11 heavy (non-hydrogen) atoms. The Balaban J connectivity index is 3.01. The largest absolute Gasteiger partial charge is 0.460 e. The van der Waals surface area contributed by atoms with Crippen LogP contribution in [0.2, 0.25) is 0 Å². The van der Waals surface area contributed by atoms with Gasteiger partial charge in [-0.1, -0.05) is 6.58 Å². The first-order chi connectivity index (χ1) is 5.31. The minimum Gasteiger partial charge on any atom is -0.460 e. The van der Waals surface area contributed by atoms with Gasteiger partial charge >= 0.3 is 5.97 Å². The van der Waals surface area contributed by atoms with Crippen LogP contribution < -0.4 is 0 Å². The molecule has 4 heteroatoms. The first-order valence-electron chi connectivity index (χ1n) is 3.24. The Kier molecular flexibility index (Phi) is 7.19. The molecule has 0 amide bonds. The van der Waals surface area contributed by atoms with Gasteiger partial charge in [-0.05, 0) is 0 Å². The average Bonchev–Trinajstić information content (AvgIpc) is 2.04. The monoisotopic (exact) mass is 178 g/mol. The number of rotatable bonds is 6. The molecule has 0 N–H and O–H groups in total. The molecule has 0 aliphatic rings. The molecule has 0 aromatic carbocycles. The number of carbonyl (C=O) groups excluding carboxylic acids is 1. The molecule has 0 saturated heterocycles. The summed E-state index contributed by atoms with van der Waals surface area (Å²) in [6, 6.07) is 0. The molecule has 0 unspecified atom stereocenters. The first-order valence-corrected chi connectivity index (χ1v) is 3.77. The van der Waals surface area contributed by atoms with Gasteiger partial charge < -0.3 is 9.47 Å². The van der Waals surface area contributed by atoms with E-state index < -0.39 is 5.97 Å². The van der Waals surface area contributed by atoms with Gasteiger partial charge in [0, 0.05) is 12.0 Å². The number of esters is 1. The molecule has 0 rings (SSSR count). The number of hydrogen-bond acceptors (Lipinski definition) is 3. The van der Waals surface area contributed by atoms with Crippen LogP contribution in [-0.4, -0.2) is 31.7 Å². The third kappa shape index (κ3) is 7.36. The van der Waals surface area contributed by atoms with E-state index in [4.69, 9.17) is 16.3 Å². The van der Waals surface area contributed by atoms with Gasteiger partial charge in [-0.25, -0.2) is 4.79 Å². The third-order valence-electron chi connectivity index (χ3n) is 0.860. The summed E-state index contributed by atoms with van der Waals surface area (Å²) in [7, 11) is 0. The van der Waals surface area contributed by atoms with Crippen LogP contribution in [0.25, 0.3) is 0 Å². The lowest BCUT2D eigenvalue weighted by Crippen LogP contribution is -2.09. The van der Waals surface area contributed by atoms with E-state index in [1.165, 1.54) is 0 Å². The summed E-state index contributed by atoms with van der Waals surface area (Å²) in [6.45, 7) is 4.35. The van der Waals surface area contributed by atoms with Crippen LogP contribution in [0.4, 0.5) is 0 Å². The zero-order chi connectivity index (χ0) is 8.53. The predicted octanol–water partition coefficient (Wildman–Crippen LogP) is 0.971. The van der Waals surface area contributed by atoms with Crippen molar-refractivity contribution in [2.75, 3.05) is 25.7 Å². The summed E-state index contributed by atoms with van der Waals surface area (Å²) in [4.78, 5) is 10.4. The zero-order valence-corrected chi connectivity index (χ0v) is 6.97. The van der Waals surface area contributed by atoms with E-state index >= 15 is 0 Å². The van der Waals surface area contributed by atoms with Gasteiger partial charge in [0.2, 0.25) is 0 Å². The molecule has 0 aliphatic carbocycles. The fraction of sp³-hybridized carbons (Fsp3) is 0.571. The molecule has 0 atom stereocenters. The third-order valence-corrected chi connectivity index (χ3v) is 1.01. The van der Waals surface area contributed by atoms with Crippen LogP contribution in [0.5, 0.6) is 0 Å². The van der Waals surface area contributed by atoms with Crippen LogP contribution in [0, 0.1) is 0 Å². The van der Waals surface area contributed by atoms with Crippen LogP contribution in [0.1, 0.15) is 0 Å². The van der Waals surface area contributed by atoms with Gasteiger partial charge in [0.1, 0.15) is 6.61 Å². The number of hydrogen-bond donors (Lipinski definition) is 0. The Morgan fingerprint density at radius 2 is 2.18 bits per heavy atom. The van der Waals surface area contributed by atoms with E-state index in [1.807, 2.05) is 0 Å². The van der Waals surface area contributed by atoms with Gasteiger partial charge in [-0.2, -0.15) is 0 Å². The van der Waals surface area contributed by atoms with Crippen molar-refractivity contribution < 1.29 is 14.3 Å². The minimum absolute atomic E-state index is 0.252. The standard InChI is InChI=1S/C7H11ClO3/c1-2-7(9)11-6-5-10-4-3-8/h2H,1,3-6H2. The summed E-state index contributed by atoms with van der Waals surface area (Å²) < 4.78 is 9.55. The topological polar surface area (TPSA) is 35.5 Å². The molecular formula is C7H11ClO3. The van der Waals surface area contributed by atoms with Gasteiger partial charge in [0.15, 0.2) is 0 Å². The van der Waals surface area contributed by atoms with Crippen molar-refractivity contribution >= 4 is 17.6 Å². The van der Waals surface area contributed by atoms with Gasteiger partial charge in [-0.15, -0.1) is 11.6 Å². The summed E-state index contributed by atoms with van der Waals surface area (Å²) >= 11 is 5.32. The highest BCUT2D eigenvalue weighted by Crippen LogP contribution is 1.82. The Labute approximate surface area is 70.9 Å². The molecule has 3 nitrogen and oxygen atoms in total. The quantitative estimate of drug-likeness (QED) is 0.263. The minimum atomic E-state index is -0.431. The first kappa shape index (κ1) is 10.5. The lowest BCUT2D eigenvalue weighted by atomic mass is 10.6. The average molecular weight is 179 g/mol. The van der Waals surface area contributed by atoms with Crippen LogP contribution in [0.15, 0.2) is 12.7 Å². The van der Waals surface area contributed by atoms with Gasteiger partial charge in [-0.3, -0.25) is 0 Å². The van der Waals surface area contributed by atoms with E-state index in [1.54, 1.807) is 0 Å². The highest BCUT2D eigenvalue weighted by molar-refractivity contribution is 6.17. The maximum absolute atomic E-state index is 10.4. The maximum Gasteiger partial charge on any atom is 0.330 e. The second kappa shape index (κ2) is 7.57.